The molecule has 1 rings (SSSR count). The molecule has 1 aromatic rings. The fourth-order valence-corrected chi connectivity index (χ4v) is 2.07. The van der Waals surface area contributed by atoms with Crippen molar-refractivity contribution in [2.75, 3.05) is 17.2 Å². The lowest BCUT2D eigenvalue weighted by Gasteiger charge is -2.19. The highest BCUT2D eigenvalue weighted by Gasteiger charge is 2.12. The molecule has 4 nitrogen and oxygen atoms in total. The number of anilines is 2. The quantitative estimate of drug-likeness (QED) is 0.675. The van der Waals surface area contributed by atoms with Crippen molar-refractivity contribution in [3.63, 3.8) is 0 Å². The van der Waals surface area contributed by atoms with E-state index in [0.717, 1.165) is 45.1 Å². The summed E-state index contributed by atoms with van der Waals surface area (Å²) < 4.78 is 13.8. The summed E-state index contributed by atoms with van der Waals surface area (Å²) in [5.41, 5.74) is 0. The molecule has 1 unspecified atom stereocenters. The van der Waals surface area contributed by atoms with Gasteiger partial charge in [0.15, 0.2) is 11.6 Å². The third-order valence-corrected chi connectivity index (χ3v) is 3.16. The Morgan fingerprint density at radius 3 is 2.60 bits per heavy atom. The molecule has 5 heteroatoms. The van der Waals surface area contributed by atoms with Crippen LogP contribution in [-0.4, -0.2) is 22.6 Å². The Morgan fingerprint density at radius 2 is 1.95 bits per heavy atom. The first-order valence-electron chi connectivity index (χ1n) is 7.74. The molecule has 0 fully saturated rings. The van der Waals surface area contributed by atoms with Crippen LogP contribution in [-0.2, 0) is 0 Å². The minimum absolute atomic E-state index is 0.281. The summed E-state index contributed by atoms with van der Waals surface area (Å²) in [6, 6.07) is 0.281. The molecule has 0 amide bonds. The molecule has 0 radical (unpaired) electrons. The van der Waals surface area contributed by atoms with Gasteiger partial charge in [0.2, 0.25) is 5.95 Å². The number of aromatic nitrogens is 2. The van der Waals surface area contributed by atoms with Crippen LogP contribution in [0.15, 0.2) is 6.20 Å². The molecule has 114 valence electrons. The van der Waals surface area contributed by atoms with E-state index in [-0.39, 0.29) is 11.9 Å². The van der Waals surface area contributed by atoms with Crippen molar-refractivity contribution >= 4 is 11.8 Å². The van der Waals surface area contributed by atoms with E-state index in [2.05, 4.69) is 41.4 Å². The lowest BCUT2D eigenvalue weighted by atomic mass is 10.1. The molecule has 1 heterocycles. The molecule has 20 heavy (non-hydrogen) atoms. The third-order valence-electron chi connectivity index (χ3n) is 3.16. The fraction of sp³-hybridized carbons (Fsp3) is 0.733. The minimum Gasteiger partial charge on any atom is -0.365 e. The number of halogens is 1. The van der Waals surface area contributed by atoms with Gasteiger partial charge in [0.05, 0.1) is 6.20 Å². The molecule has 1 atom stereocenters. The van der Waals surface area contributed by atoms with Gasteiger partial charge in [-0.2, -0.15) is 4.98 Å². The predicted molar refractivity (Wildman–Crippen MR) is 82.6 cm³/mol. The maximum atomic E-state index is 13.8. The van der Waals surface area contributed by atoms with Gasteiger partial charge in [-0.3, -0.25) is 0 Å². The molecule has 0 saturated carbocycles. The van der Waals surface area contributed by atoms with Crippen molar-refractivity contribution in [1.29, 1.82) is 0 Å². The van der Waals surface area contributed by atoms with E-state index in [1.54, 1.807) is 0 Å². The number of nitrogens with zero attached hydrogens (tertiary/aromatic N) is 2. The normalized spacial score (nSPS) is 12.2. The second-order valence-electron chi connectivity index (χ2n) is 5.09. The van der Waals surface area contributed by atoms with E-state index in [4.69, 9.17) is 0 Å². The largest absolute Gasteiger partial charge is 0.365 e. The zero-order valence-electron chi connectivity index (χ0n) is 12.9. The number of hydrogen-bond donors (Lipinski definition) is 2. The second kappa shape index (κ2) is 9.50. The van der Waals surface area contributed by atoms with E-state index in [1.165, 1.54) is 6.20 Å². The van der Waals surface area contributed by atoms with Crippen molar-refractivity contribution < 1.29 is 4.39 Å². The Balaban J connectivity index is 2.71. The van der Waals surface area contributed by atoms with Crippen LogP contribution in [0.1, 0.15) is 59.3 Å². The maximum absolute atomic E-state index is 13.8. The first-order chi connectivity index (χ1) is 9.71. The SMILES string of the molecule is CCCCC(CCC)Nc1nc(NCCC)ncc1F. The molecule has 0 aliphatic rings. The Hall–Kier alpha value is -1.39. The minimum atomic E-state index is -0.385. The molecule has 0 aliphatic heterocycles. The van der Waals surface area contributed by atoms with Gasteiger partial charge in [-0.25, -0.2) is 9.37 Å². The highest BCUT2D eigenvalue weighted by atomic mass is 19.1. The van der Waals surface area contributed by atoms with Gasteiger partial charge < -0.3 is 10.6 Å². The van der Waals surface area contributed by atoms with E-state index in [0.29, 0.717) is 11.8 Å². The first-order valence-corrected chi connectivity index (χ1v) is 7.74. The third kappa shape index (κ3) is 5.72. The predicted octanol–water partition coefficient (Wildman–Crippen LogP) is 4.21. The average Bonchev–Trinajstić information content (AvgIpc) is 2.45. The Bertz CT molecular complexity index is 384. The van der Waals surface area contributed by atoms with Crippen LogP contribution < -0.4 is 10.6 Å². The molecular weight excluding hydrogens is 255 g/mol. The first kappa shape index (κ1) is 16.7. The number of unbranched alkanes of at least 4 members (excludes halogenated alkanes) is 1. The number of rotatable bonds is 10. The molecule has 1 aromatic heterocycles. The van der Waals surface area contributed by atoms with Crippen LogP contribution in [0.25, 0.3) is 0 Å². The Labute approximate surface area is 121 Å². The topological polar surface area (TPSA) is 49.8 Å². The molecule has 0 aliphatic carbocycles. The van der Waals surface area contributed by atoms with Crippen molar-refractivity contribution in [2.45, 2.75) is 65.3 Å². The standard InChI is InChI=1S/C15H27FN4/c1-4-7-9-12(8-5-2)19-14-13(16)11-18-15(20-14)17-10-6-3/h11-12H,4-10H2,1-3H3,(H2,17,18,19,20). The summed E-state index contributed by atoms with van der Waals surface area (Å²) in [5.74, 6) is 0.416. The second-order valence-corrected chi connectivity index (χ2v) is 5.09. The summed E-state index contributed by atoms with van der Waals surface area (Å²) in [6.07, 6.45) is 7.67. The van der Waals surface area contributed by atoms with Gasteiger partial charge in [-0.1, -0.05) is 40.0 Å². The van der Waals surface area contributed by atoms with Gasteiger partial charge >= 0.3 is 0 Å². The van der Waals surface area contributed by atoms with E-state index in [1.807, 2.05) is 0 Å². The van der Waals surface area contributed by atoms with Crippen LogP contribution in [0.4, 0.5) is 16.2 Å². The summed E-state index contributed by atoms with van der Waals surface area (Å²) in [7, 11) is 0. The number of nitrogens with one attached hydrogen (secondary N) is 2. The highest BCUT2D eigenvalue weighted by Crippen LogP contribution is 2.17. The van der Waals surface area contributed by atoms with Gasteiger partial charge in [-0.05, 0) is 19.3 Å². The molecule has 0 spiro atoms. The molecular formula is C15H27FN4. The van der Waals surface area contributed by atoms with Crippen LogP contribution in [0, 0.1) is 5.82 Å². The van der Waals surface area contributed by atoms with Crippen molar-refractivity contribution in [3.05, 3.63) is 12.0 Å². The highest BCUT2D eigenvalue weighted by molar-refractivity contribution is 5.41. The van der Waals surface area contributed by atoms with E-state index < -0.39 is 0 Å². The van der Waals surface area contributed by atoms with Gasteiger partial charge in [-0.15, -0.1) is 0 Å². The lowest BCUT2D eigenvalue weighted by Crippen LogP contribution is -2.21. The van der Waals surface area contributed by atoms with Crippen LogP contribution >= 0.6 is 0 Å². The van der Waals surface area contributed by atoms with Gasteiger partial charge in [0.1, 0.15) is 0 Å². The maximum Gasteiger partial charge on any atom is 0.224 e. The zero-order chi connectivity index (χ0) is 14.8. The average molecular weight is 282 g/mol. The summed E-state index contributed by atoms with van der Waals surface area (Å²) in [6.45, 7) is 7.17. The summed E-state index contributed by atoms with van der Waals surface area (Å²) >= 11 is 0. The Kier molecular flexibility index (Phi) is 7.92. The van der Waals surface area contributed by atoms with Crippen LogP contribution in [0.3, 0.4) is 0 Å². The smallest absolute Gasteiger partial charge is 0.224 e. The molecule has 0 aromatic carbocycles. The van der Waals surface area contributed by atoms with E-state index >= 15 is 0 Å². The fourth-order valence-electron chi connectivity index (χ4n) is 2.07. The van der Waals surface area contributed by atoms with Crippen molar-refractivity contribution in [2.24, 2.45) is 0 Å². The van der Waals surface area contributed by atoms with Crippen LogP contribution in [0.5, 0.6) is 0 Å². The van der Waals surface area contributed by atoms with Crippen molar-refractivity contribution in [1.82, 2.24) is 9.97 Å². The van der Waals surface area contributed by atoms with E-state index in [9.17, 15) is 4.39 Å². The Morgan fingerprint density at radius 1 is 1.15 bits per heavy atom. The number of hydrogen-bond acceptors (Lipinski definition) is 4. The van der Waals surface area contributed by atoms with Gasteiger partial charge in [0.25, 0.3) is 0 Å². The lowest BCUT2D eigenvalue weighted by molar-refractivity contribution is 0.552. The van der Waals surface area contributed by atoms with Gasteiger partial charge in [0, 0.05) is 12.6 Å². The molecule has 0 saturated heterocycles. The summed E-state index contributed by atoms with van der Waals surface area (Å²) in [5, 5.41) is 6.32. The molecule has 0 bridgehead atoms. The summed E-state index contributed by atoms with van der Waals surface area (Å²) in [4.78, 5) is 8.19. The monoisotopic (exact) mass is 282 g/mol. The van der Waals surface area contributed by atoms with Crippen molar-refractivity contribution in [3.8, 4) is 0 Å². The molecule has 2 N–H and O–H groups in total. The zero-order valence-corrected chi connectivity index (χ0v) is 12.9. The van der Waals surface area contributed by atoms with Crippen LogP contribution in [0.2, 0.25) is 0 Å².